The van der Waals surface area contributed by atoms with Crippen LogP contribution in [0.25, 0.3) is 0 Å². The van der Waals surface area contributed by atoms with Gasteiger partial charge < -0.3 is 10.8 Å². The molecule has 74 valence electrons. The Morgan fingerprint density at radius 3 is 2.77 bits per heavy atom. The Morgan fingerprint density at radius 2 is 2.31 bits per heavy atom. The quantitative estimate of drug-likeness (QED) is 0.685. The average molecular weight is 184 g/mol. The van der Waals surface area contributed by atoms with Gasteiger partial charge in [-0.1, -0.05) is 5.21 Å². The topological polar surface area (TPSA) is 77.0 Å². The first-order chi connectivity index (χ1) is 6.01. The Balaban J connectivity index is 2.46. The van der Waals surface area contributed by atoms with Gasteiger partial charge in [-0.3, -0.25) is 4.68 Å². The minimum absolute atomic E-state index is 0.405. The summed E-state index contributed by atoms with van der Waals surface area (Å²) in [5.41, 5.74) is 5.50. The van der Waals surface area contributed by atoms with E-state index in [1.165, 1.54) is 0 Å². The molecule has 5 heteroatoms. The van der Waals surface area contributed by atoms with Gasteiger partial charge in [0.1, 0.15) is 0 Å². The summed E-state index contributed by atoms with van der Waals surface area (Å²) in [6, 6.07) is 0. The van der Waals surface area contributed by atoms with Crippen molar-refractivity contribution < 1.29 is 5.11 Å². The third-order valence-electron chi connectivity index (χ3n) is 1.75. The zero-order valence-corrected chi connectivity index (χ0v) is 8.06. The van der Waals surface area contributed by atoms with Crippen molar-refractivity contribution in [2.45, 2.75) is 39.0 Å². The Morgan fingerprint density at radius 1 is 1.62 bits per heavy atom. The van der Waals surface area contributed by atoms with Crippen molar-refractivity contribution in [1.82, 2.24) is 15.0 Å². The van der Waals surface area contributed by atoms with Gasteiger partial charge in [-0.25, -0.2) is 0 Å². The van der Waals surface area contributed by atoms with Crippen LogP contribution in [0.3, 0.4) is 0 Å². The van der Waals surface area contributed by atoms with Crippen LogP contribution in [0.4, 0.5) is 0 Å². The summed E-state index contributed by atoms with van der Waals surface area (Å²) in [5.74, 6) is 0. The molecule has 1 rings (SSSR count). The first-order valence-corrected chi connectivity index (χ1v) is 4.33. The number of hydrogen-bond donors (Lipinski definition) is 2. The molecule has 1 heterocycles. The summed E-state index contributed by atoms with van der Waals surface area (Å²) < 4.78 is 1.69. The van der Waals surface area contributed by atoms with E-state index in [0.717, 1.165) is 5.69 Å². The Labute approximate surface area is 77.6 Å². The van der Waals surface area contributed by atoms with Gasteiger partial charge in [0.2, 0.25) is 0 Å². The number of aromatic nitrogens is 3. The first kappa shape index (κ1) is 10.1. The third-order valence-corrected chi connectivity index (χ3v) is 1.75. The molecule has 0 aliphatic rings. The fourth-order valence-corrected chi connectivity index (χ4v) is 0.930. The van der Waals surface area contributed by atoms with Crippen LogP contribution in [0.1, 0.15) is 26.0 Å². The van der Waals surface area contributed by atoms with Gasteiger partial charge in [-0.15, -0.1) is 5.10 Å². The van der Waals surface area contributed by atoms with E-state index < -0.39 is 5.60 Å². The second kappa shape index (κ2) is 3.85. The van der Waals surface area contributed by atoms with Crippen molar-refractivity contribution in [3.63, 3.8) is 0 Å². The lowest BCUT2D eigenvalue weighted by Crippen LogP contribution is -2.21. The number of hydrogen-bond acceptors (Lipinski definition) is 4. The van der Waals surface area contributed by atoms with E-state index in [1.807, 2.05) is 0 Å². The number of aliphatic hydroxyl groups is 1. The number of rotatable bonds is 4. The number of nitrogens with two attached hydrogens (primary N) is 1. The van der Waals surface area contributed by atoms with Gasteiger partial charge in [-0.2, -0.15) is 0 Å². The Bertz CT molecular complexity index is 263. The van der Waals surface area contributed by atoms with Crippen LogP contribution in [0, 0.1) is 0 Å². The summed E-state index contributed by atoms with van der Waals surface area (Å²) in [6.07, 6.45) is 2.45. The molecule has 0 aromatic carbocycles. The highest BCUT2D eigenvalue weighted by Crippen LogP contribution is 2.08. The second-order valence-electron chi connectivity index (χ2n) is 3.74. The number of aryl methyl sites for hydroxylation is 1. The van der Waals surface area contributed by atoms with Crippen molar-refractivity contribution in [2.24, 2.45) is 5.73 Å². The number of nitrogens with zero attached hydrogens (tertiary/aromatic N) is 3. The molecule has 0 aliphatic carbocycles. The molecule has 0 atom stereocenters. The minimum atomic E-state index is -0.658. The van der Waals surface area contributed by atoms with Gasteiger partial charge in [0.25, 0.3) is 0 Å². The fourth-order valence-electron chi connectivity index (χ4n) is 0.930. The van der Waals surface area contributed by atoms with E-state index in [9.17, 15) is 5.11 Å². The van der Waals surface area contributed by atoms with Crippen molar-refractivity contribution in [3.05, 3.63) is 11.9 Å². The monoisotopic (exact) mass is 184 g/mol. The molecule has 3 N–H and O–H groups in total. The van der Waals surface area contributed by atoms with Crippen LogP contribution in [0.2, 0.25) is 0 Å². The van der Waals surface area contributed by atoms with E-state index in [4.69, 9.17) is 5.73 Å². The van der Waals surface area contributed by atoms with E-state index in [0.29, 0.717) is 19.5 Å². The van der Waals surface area contributed by atoms with Crippen molar-refractivity contribution >= 4 is 0 Å². The molecular formula is C8H16N4O. The molecule has 13 heavy (non-hydrogen) atoms. The summed E-state index contributed by atoms with van der Waals surface area (Å²) in [5, 5.41) is 17.2. The predicted molar refractivity (Wildman–Crippen MR) is 48.8 cm³/mol. The Hall–Kier alpha value is -0.940. The lowest BCUT2D eigenvalue weighted by molar-refractivity contribution is 0.0649. The second-order valence-corrected chi connectivity index (χ2v) is 3.74. The van der Waals surface area contributed by atoms with Crippen LogP contribution >= 0.6 is 0 Å². The molecule has 0 aliphatic heterocycles. The van der Waals surface area contributed by atoms with Crippen LogP contribution in [0.5, 0.6) is 0 Å². The first-order valence-electron chi connectivity index (χ1n) is 4.33. The molecule has 5 nitrogen and oxygen atoms in total. The van der Waals surface area contributed by atoms with Gasteiger partial charge in [-0.05, 0) is 20.3 Å². The van der Waals surface area contributed by atoms with Crippen LogP contribution < -0.4 is 5.73 Å². The molecule has 0 radical (unpaired) electrons. The summed E-state index contributed by atoms with van der Waals surface area (Å²) in [4.78, 5) is 0. The molecule has 0 saturated carbocycles. The molecule has 0 fully saturated rings. The molecule has 0 spiro atoms. The van der Waals surface area contributed by atoms with Crippen LogP contribution in [-0.2, 0) is 13.1 Å². The summed E-state index contributed by atoms with van der Waals surface area (Å²) in [7, 11) is 0. The van der Waals surface area contributed by atoms with Gasteiger partial charge in [0, 0.05) is 19.3 Å². The van der Waals surface area contributed by atoms with E-state index in [-0.39, 0.29) is 0 Å². The lowest BCUT2D eigenvalue weighted by atomic mass is 10.1. The van der Waals surface area contributed by atoms with E-state index >= 15 is 0 Å². The SMILES string of the molecule is CC(C)(O)CCn1cc(CN)nn1. The third kappa shape index (κ3) is 3.52. The maximum Gasteiger partial charge on any atom is 0.0962 e. The lowest BCUT2D eigenvalue weighted by Gasteiger charge is -2.15. The highest BCUT2D eigenvalue weighted by molar-refractivity contribution is 4.90. The van der Waals surface area contributed by atoms with Gasteiger partial charge >= 0.3 is 0 Å². The smallest absolute Gasteiger partial charge is 0.0962 e. The van der Waals surface area contributed by atoms with E-state index in [1.54, 1.807) is 24.7 Å². The van der Waals surface area contributed by atoms with Gasteiger partial charge in [0.15, 0.2) is 0 Å². The largest absolute Gasteiger partial charge is 0.390 e. The molecule has 0 amide bonds. The summed E-state index contributed by atoms with van der Waals surface area (Å²) >= 11 is 0. The molecule has 1 aromatic heterocycles. The summed E-state index contributed by atoms with van der Waals surface area (Å²) in [6.45, 7) is 4.61. The average Bonchev–Trinajstić information content (AvgIpc) is 2.47. The van der Waals surface area contributed by atoms with Crippen molar-refractivity contribution in [3.8, 4) is 0 Å². The predicted octanol–water partition coefficient (Wildman–Crippen LogP) is -0.102. The maximum absolute atomic E-state index is 9.46. The minimum Gasteiger partial charge on any atom is -0.390 e. The van der Waals surface area contributed by atoms with Gasteiger partial charge in [0.05, 0.1) is 11.3 Å². The standard InChI is InChI=1S/C8H16N4O/c1-8(2,13)3-4-12-6-7(5-9)10-11-12/h6,13H,3-5,9H2,1-2H3. The highest BCUT2D eigenvalue weighted by Gasteiger charge is 2.12. The van der Waals surface area contributed by atoms with Crippen molar-refractivity contribution in [2.75, 3.05) is 0 Å². The Kier molecular flexibility index (Phi) is 3.00. The maximum atomic E-state index is 9.46. The van der Waals surface area contributed by atoms with Crippen LogP contribution in [-0.4, -0.2) is 25.7 Å². The zero-order valence-electron chi connectivity index (χ0n) is 8.06. The fraction of sp³-hybridized carbons (Fsp3) is 0.750. The molecular weight excluding hydrogens is 168 g/mol. The molecule has 0 saturated heterocycles. The molecule has 0 unspecified atom stereocenters. The van der Waals surface area contributed by atoms with Crippen molar-refractivity contribution in [1.29, 1.82) is 0 Å². The normalized spacial score (nSPS) is 12.0. The zero-order chi connectivity index (χ0) is 9.90. The van der Waals surface area contributed by atoms with Crippen LogP contribution in [0.15, 0.2) is 6.20 Å². The van der Waals surface area contributed by atoms with E-state index in [2.05, 4.69) is 10.3 Å². The highest BCUT2D eigenvalue weighted by atomic mass is 16.3. The molecule has 0 bridgehead atoms. The molecule has 1 aromatic rings.